The van der Waals surface area contributed by atoms with Gasteiger partial charge in [0.05, 0.1) is 5.60 Å². The molecule has 1 amide bonds. The first-order valence-corrected chi connectivity index (χ1v) is 8.81. The van der Waals surface area contributed by atoms with Crippen molar-refractivity contribution in [2.24, 2.45) is 0 Å². The van der Waals surface area contributed by atoms with Gasteiger partial charge in [-0.15, -0.1) is 12.4 Å². The molecule has 134 valence electrons. The van der Waals surface area contributed by atoms with Crippen molar-refractivity contribution in [1.29, 1.82) is 0 Å². The van der Waals surface area contributed by atoms with Crippen molar-refractivity contribution >= 4 is 18.3 Å². The molecule has 1 aromatic rings. The molecule has 3 rings (SSSR count). The molecule has 1 aromatic carbocycles. The van der Waals surface area contributed by atoms with E-state index in [2.05, 4.69) is 35.2 Å². The summed E-state index contributed by atoms with van der Waals surface area (Å²) in [6.07, 6.45) is 3.67. The van der Waals surface area contributed by atoms with Crippen LogP contribution in [-0.2, 0) is 16.0 Å². The van der Waals surface area contributed by atoms with Crippen molar-refractivity contribution in [1.82, 2.24) is 9.80 Å². The Bertz CT molecular complexity index is 529. The second kappa shape index (κ2) is 8.32. The van der Waals surface area contributed by atoms with E-state index >= 15 is 0 Å². The molecular formula is C19H29ClN2O2. The molecule has 0 aromatic heterocycles. The quantitative estimate of drug-likeness (QED) is 0.835. The predicted molar refractivity (Wildman–Crippen MR) is 98.6 cm³/mol. The molecule has 0 aliphatic carbocycles. The lowest BCUT2D eigenvalue weighted by Crippen LogP contribution is -2.60. The molecule has 2 fully saturated rings. The van der Waals surface area contributed by atoms with Gasteiger partial charge in [-0.2, -0.15) is 0 Å². The fourth-order valence-corrected chi connectivity index (χ4v) is 3.80. The molecule has 2 aliphatic heterocycles. The molecule has 2 heterocycles. The minimum Gasteiger partial charge on any atom is -0.360 e. The zero-order chi connectivity index (χ0) is 16.3. The van der Waals surface area contributed by atoms with E-state index in [1.165, 1.54) is 5.56 Å². The Morgan fingerprint density at radius 2 is 1.88 bits per heavy atom. The van der Waals surface area contributed by atoms with Crippen molar-refractivity contribution in [3.63, 3.8) is 0 Å². The average Bonchev–Trinajstić information content (AvgIpc) is 2.59. The number of benzene rings is 1. The van der Waals surface area contributed by atoms with Gasteiger partial charge in [0, 0.05) is 33.2 Å². The molecule has 0 unspecified atom stereocenters. The lowest BCUT2D eigenvalue weighted by Gasteiger charge is -2.48. The van der Waals surface area contributed by atoms with Crippen LogP contribution in [0.4, 0.5) is 0 Å². The number of morpholine rings is 1. The van der Waals surface area contributed by atoms with Gasteiger partial charge in [0.1, 0.15) is 6.10 Å². The van der Waals surface area contributed by atoms with E-state index in [-0.39, 0.29) is 30.0 Å². The number of hydrogen-bond donors (Lipinski definition) is 0. The van der Waals surface area contributed by atoms with E-state index < -0.39 is 0 Å². The van der Waals surface area contributed by atoms with Crippen LogP contribution in [0.1, 0.15) is 31.7 Å². The Labute approximate surface area is 151 Å². The molecule has 0 radical (unpaired) electrons. The SMILES string of the molecule is CC[C@H]1OC2(CCN(CCc3ccccc3)CC2)CN(C)C1=O.Cl. The van der Waals surface area contributed by atoms with Crippen molar-refractivity contribution in [3.8, 4) is 0 Å². The van der Waals surface area contributed by atoms with E-state index in [1.54, 1.807) is 0 Å². The standard InChI is InChI=1S/C19H28N2O2.ClH/c1-3-17-18(22)20(2)15-19(23-17)10-13-21(14-11-19)12-9-16-7-5-4-6-8-16;/h4-8,17H,3,9-15H2,1-2H3;1H/t17-;/m1./s1. The summed E-state index contributed by atoms with van der Waals surface area (Å²) in [5.74, 6) is 0.143. The monoisotopic (exact) mass is 352 g/mol. The van der Waals surface area contributed by atoms with Gasteiger partial charge in [0.15, 0.2) is 0 Å². The number of piperidine rings is 1. The number of nitrogens with zero attached hydrogens (tertiary/aromatic N) is 2. The maximum atomic E-state index is 12.1. The molecule has 5 heteroatoms. The lowest BCUT2D eigenvalue weighted by molar-refractivity contribution is -0.190. The van der Waals surface area contributed by atoms with Gasteiger partial charge in [-0.05, 0) is 31.2 Å². The highest BCUT2D eigenvalue weighted by Crippen LogP contribution is 2.33. The maximum Gasteiger partial charge on any atom is 0.251 e. The summed E-state index contributed by atoms with van der Waals surface area (Å²) in [5, 5.41) is 0. The number of ether oxygens (including phenoxy) is 1. The first-order valence-electron chi connectivity index (χ1n) is 8.81. The molecule has 0 bridgehead atoms. The number of carbonyl (C=O) groups excluding carboxylic acids is 1. The van der Waals surface area contributed by atoms with Gasteiger partial charge < -0.3 is 14.5 Å². The summed E-state index contributed by atoms with van der Waals surface area (Å²) in [6, 6.07) is 10.7. The summed E-state index contributed by atoms with van der Waals surface area (Å²) in [5.41, 5.74) is 1.28. The molecule has 2 aliphatic rings. The van der Waals surface area contributed by atoms with Crippen LogP contribution in [0.3, 0.4) is 0 Å². The molecule has 0 N–H and O–H groups in total. The fourth-order valence-electron chi connectivity index (χ4n) is 3.80. The van der Waals surface area contributed by atoms with Crippen LogP contribution in [-0.4, -0.2) is 60.6 Å². The van der Waals surface area contributed by atoms with E-state index in [1.807, 2.05) is 18.9 Å². The lowest BCUT2D eigenvalue weighted by atomic mass is 9.88. The van der Waals surface area contributed by atoms with Gasteiger partial charge in [-0.25, -0.2) is 0 Å². The van der Waals surface area contributed by atoms with E-state index in [0.717, 1.165) is 51.9 Å². The second-order valence-corrected chi connectivity index (χ2v) is 6.97. The van der Waals surface area contributed by atoms with E-state index in [9.17, 15) is 4.79 Å². The Balaban J connectivity index is 0.00000208. The highest BCUT2D eigenvalue weighted by Gasteiger charge is 2.44. The third kappa shape index (κ3) is 4.29. The highest BCUT2D eigenvalue weighted by atomic mass is 35.5. The molecule has 0 saturated carbocycles. The number of likely N-dealkylation sites (N-methyl/N-ethyl adjacent to an activating group) is 1. The van der Waals surface area contributed by atoms with Gasteiger partial charge in [0.2, 0.25) is 0 Å². The second-order valence-electron chi connectivity index (χ2n) is 6.97. The zero-order valence-corrected chi connectivity index (χ0v) is 15.6. The van der Waals surface area contributed by atoms with Crippen LogP contribution >= 0.6 is 12.4 Å². The van der Waals surface area contributed by atoms with Gasteiger partial charge in [0.25, 0.3) is 5.91 Å². The summed E-state index contributed by atoms with van der Waals surface area (Å²) in [4.78, 5) is 16.5. The largest absolute Gasteiger partial charge is 0.360 e. The summed E-state index contributed by atoms with van der Waals surface area (Å²) in [7, 11) is 1.91. The average molecular weight is 353 g/mol. The Morgan fingerprint density at radius 3 is 2.50 bits per heavy atom. The fraction of sp³-hybridized carbons (Fsp3) is 0.632. The minimum atomic E-state index is -0.246. The van der Waals surface area contributed by atoms with Gasteiger partial charge >= 0.3 is 0 Å². The van der Waals surface area contributed by atoms with Crippen LogP contribution < -0.4 is 0 Å². The molecule has 2 saturated heterocycles. The minimum absolute atomic E-state index is 0. The Kier molecular flexibility index (Phi) is 6.67. The van der Waals surface area contributed by atoms with E-state index in [4.69, 9.17) is 4.74 Å². The number of hydrogen-bond acceptors (Lipinski definition) is 3. The third-order valence-electron chi connectivity index (χ3n) is 5.27. The molecule has 4 nitrogen and oxygen atoms in total. The van der Waals surface area contributed by atoms with Crippen molar-refractivity contribution in [3.05, 3.63) is 35.9 Å². The number of amides is 1. The Hall–Kier alpha value is -1.10. The topological polar surface area (TPSA) is 32.8 Å². The highest BCUT2D eigenvalue weighted by molar-refractivity contribution is 5.85. The molecule has 1 spiro atoms. The smallest absolute Gasteiger partial charge is 0.251 e. The van der Waals surface area contributed by atoms with Crippen molar-refractivity contribution in [2.45, 2.75) is 44.3 Å². The van der Waals surface area contributed by atoms with Crippen LogP contribution in [0, 0.1) is 0 Å². The normalized spacial score (nSPS) is 24.0. The third-order valence-corrected chi connectivity index (χ3v) is 5.27. The number of likely N-dealkylation sites (tertiary alicyclic amines) is 1. The van der Waals surface area contributed by atoms with Crippen LogP contribution in [0.2, 0.25) is 0 Å². The molecule has 24 heavy (non-hydrogen) atoms. The van der Waals surface area contributed by atoms with Gasteiger partial charge in [-0.1, -0.05) is 37.3 Å². The van der Waals surface area contributed by atoms with Crippen LogP contribution in [0.25, 0.3) is 0 Å². The van der Waals surface area contributed by atoms with E-state index in [0.29, 0.717) is 0 Å². The number of rotatable bonds is 4. The molecular weight excluding hydrogens is 324 g/mol. The summed E-state index contributed by atoms with van der Waals surface area (Å²) in [6.45, 7) is 6.00. The van der Waals surface area contributed by atoms with Crippen molar-refractivity contribution in [2.75, 3.05) is 33.2 Å². The summed E-state index contributed by atoms with van der Waals surface area (Å²) >= 11 is 0. The first-order chi connectivity index (χ1) is 11.1. The van der Waals surface area contributed by atoms with Crippen molar-refractivity contribution < 1.29 is 9.53 Å². The number of halogens is 1. The maximum absolute atomic E-state index is 12.1. The first kappa shape index (κ1) is 19.2. The molecule has 1 atom stereocenters. The summed E-state index contributed by atoms with van der Waals surface area (Å²) < 4.78 is 6.24. The van der Waals surface area contributed by atoms with Crippen LogP contribution in [0.15, 0.2) is 30.3 Å². The zero-order valence-electron chi connectivity index (χ0n) is 14.7. The van der Waals surface area contributed by atoms with Gasteiger partial charge in [-0.3, -0.25) is 4.79 Å². The number of carbonyl (C=O) groups is 1. The van der Waals surface area contributed by atoms with Crippen LogP contribution in [0.5, 0.6) is 0 Å². The predicted octanol–water partition coefficient (Wildman–Crippen LogP) is 2.75. The Morgan fingerprint density at radius 1 is 1.21 bits per heavy atom.